The SMILES string of the molecule is CC(C)n1nc2cccnc2c1S(=O)(=O)c1ccc(OCCCN(C)C2CCCc3ccccc32)cc1.O=C(O)C(=O)O. The Kier molecular flexibility index (Phi) is 10.1. The third-order valence-corrected chi connectivity index (χ3v) is 9.05. The first kappa shape index (κ1) is 31.6. The molecule has 0 saturated carbocycles. The molecule has 12 heteroatoms. The topological polar surface area (TPSA) is 152 Å². The van der Waals surface area contributed by atoms with Gasteiger partial charge in [0.05, 0.1) is 11.5 Å². The van der Waals surface area contributed by atoms with E-state index in [1.165, 1.54) is 30.4 Å². The van der Waals surface area contributed by atoms with Crippen LogP contribution in [0, 0.1) is 0 Å². The van der Waals surface area contributed by atoms with Crippen molar-refractivity contribution in [2.24, 2.45) is 0 Å². The van der Waals surface area contributed by atoms with Crippen molar-refractivity contribution in [3.05, 3.63) is 78.0 Å². The van der Waals surface area contributed by atoms with Crippen LogP contribution in [0.2, 0.25) is 0 Å². The zero-order chi connectivity index (χ0) is 31.1. The molecule has 2 aromatic heterocycles. The van der Waals surface area contributed by atoms with E-state index in [0.29, 0.717) is 29.4 Å². The summed E-state index contributed by atoms with van der Waals surface area (Å²) in [6.07, 6.45) is 6.06. The molecule has 0 spiro atoms. The van der Waals surface area contributed by atoms with Crippen molar-refractivity contribution >= 4 is 32.8 Å². The van der Waals surface area contributed by atoms with E-state index in [4.69, 9.17) is 24.5 Å². The van der Waals surface area contributed by atoms with Crippen LogP contribution in [-0.4, -0.2) is 70.4 Å². The van der Waals surface area contributed by atoms with Crippen LogP contribution in [0.3, 0.4) is 0 Å². The summed E-state index contributed by atoms with van der Waals surface area (Å²) in [5, 5.41) is 19.4. The van der Waals surface area contributed by atoms with Crippen molar-refractivity contribution in [3.8, 4) is 5.75 Å². The molecule has 11 nitrogen and oxygen atoms in total. The number of aromatic nitrogens is 3. The van der Waals surface area contributed by atoms with E-state index in [2.05, 4.69) is 46.3 Å². The summed E-state index contributed by atoms with van der Waals surface area (Å²) in [5.74, 6) is -2.99. The minimum atomic E-state index is -3.81. The first-order valence-corrected chi connectivity index (χ1v) is 15.5. The first-order chi connectivity index (χ1) is 20.5. The number of aliphatic carboxylic acids is 2. The van der Waals surface area contributed by atoms with E-state index in [0.717, 1.165) is 13.0 Å². The van der Waals surface area contributed by atoms with Gasteiger partial charge in [-0.2, -0.15) is 5.10 Å². The molecule has 0 aliphatic heterocycles. The summed E-state index contributed by atoms with van der Waals surface area (Å²) in [4.78, 5) is 25.1. The van der Waals surface area contributed by atoms with E-state index in [1.54, 1.807) is 47.3 Å². The highest BCUT2D eigenvalue weighted by atomic mass is 32.2. The highest BCUT2D eigenvalue weighted by Crippen LogP contribution is 2.33. The summed E-state index contributed by atoms with van der Waals surface area (Å²) >= 11 is 0. The van der Waals surface area contributed by atoms with Gasteiger partial charge in [0, 0.05) is 24.8 Å². The molecule has 1 aliphatic carbocycles. The maximum Gasteiger partial charge on any atom is 0.414 e. The number of pyridine rings is 1. The second-order valence-corrected chi connectivity index (χ2v) is 12.5. The van der Waals surface area contributed by atoms with E-state index in [1.807, 2.05) is 13.8 Å². The number of rotatable bonds is 9. The molecule has 0 amide bonds. The van der Waals surface area contributed by atoms with Crippen molar-refractivity contribution in [1.29, 1.82) is 0 Å². The predicted molar refractivity (Wildman–Crippen MR) is 160 cm³/mol. The molecule has 228 valence electrons. The zero-order valence-electron chi connectivity index (χ0n) is 24.4. The molecule has 1 atom stereocenters. The van der Waals surface area contributed by atoms with Crippen molar-refractivity contribution in [2.45, 2.75) is 61.5 Å². The van der Waals surface area contributed by atoms with E-state index < -0.39 is 21.8 Å². The summed E-state index contributed by atoms with van der Waals surface area (Å²) in [6.45, 7) is 5.32. The molecule has 1 aliphatic rings. The highest BCUT2D eigenvalue weighted by Gasteiger charge is 2.28. The maximum absolute atomic E-state index is 13.6. The van der Waals surface area contributed by atoms with E-state index in [-0.39, 0.29) is 16.0 Å². The van der Waals surface area contributed by atoms with Gasteiger partial charge in [0.25, 0.3) is 0 Å². The summed E-state index contributed by atoms with van der Waals surface area (Å²) in [5.41, 5.74) is 3.88. The standard InChI is InChI=1S/C29H34N4O3S.C2H2O4/c1-21(2)33-29(28-26(31-33)12-7-18-30-28)37(34,35)24-16-14-23(15-17-24)36-20-8-19-32(3)27-13-6-10-22-9-4-5-11-25(22)27;3-1(4)2(5)6/h4-5,7,9,11-12,14-18,21,27H,6,8,10,13,19-20H2,1-3H3;(H,3,4)(H,5,6). The molecule has 0 fully saturated rings. The van der Waals surface area contributed by atoms with Gasteiger partial charge in [-0.15, -0.1) is 0 Å². The first-order valence-electron chi connectivity index (χ1n) is 14.1. The van der Waals surface area contributed by atoms with Crippen LogP contribution in [0.25, 0.3) is 11.0 Å². The van der Waals surface area contributed by atoms with Crippen LogP contribution in [0.1, 0.15) is 56.3 Å². The molecular formula is C31H36N4O7S. The molecule has 43 heavy (non-hydrogen) atoms. The van der Waals surface area contributed by atoms with Crippen LogP contribution in [-0.2, 0) is 25.8 Å². The normalized spacial score (nSPS) is 14.7. The van der Waals surface area contributed by atoms with Gasteiger partial charge in [-0.25, -0.2) is 22.7 Å². The number of hydrogen-bond donors (Lipinski definition) is 2. The van der Waals surface area contributed by atoms with Crippen LogP contribution >= 0.6 is 0 Å². The maximum atomic E-state index is 13.6. The average molecular weight is 609 g/mol. The van der Waals surface area contributed by atoms with Crippen molar-refractivity contribution in [1.82, 2.24) is 19.7 Å². The van der Waals surface area contributed by atoms with Crippen molar-refractivity contribution < 1.29 is 33.0 Å². The quantitative estimate of drug-likeness (QED) is 0.201. The second-order valence-electron chi connectivity index (χ2n) is 10.6. The van der Waals surface area contributed by atoms with Gasteiger partial charge in [0.2, 0.25) is 9.84 Å². The molecule has 0 saturated heterocycles. The fourth-order valence-corrected chi connectivity index (χ4v) is 6.81. The van der Waals surface area contributed by atoms with Crippen LogP contribution in [0.15, 0.2) is 76.8 Å². The molecule has 2 aromatic carbocycles. The lowest BCUT2D eigenvalue weighted by molar-refractivity contribution is -0.159. The molecule has 4 aromatic rings. The third kappa shape index (κ3) is 7.38. The number of carbonyl (C=O) groups is 2. The van der Waals surface area contributed by atoms with E-state index >= 15 is 0 Å². The lowest BCUT2D eigenvalue weighted by Crippen LogP contribution is -2.29. The highest BCUT2D eigenvalue weighted by molar-refractivity contribution is 7.91. The third-order valence-electron chi connectivity index (χ3n) is 7.27. The number of benzene rings is 2. The molecule has 5 rings (SSSR count). The van der Waals surface area contributed by atoms with Crippen molar-refractivity contribution in [2.75, 3.05) is 20.2 Å². The van der Waals surface area contributed by atoms with Gasteiger partial charge in [-0.05, 0) is 94.1 Å². The monoisotopic (exact) mass is 608 g/mol. The van der Waals surface area contributed by atoms with E-state index in [9.17, 15) is 8.42 Å². The Morgan fingerprint density at radius 2 is 1.74 bits per heavy atom. The van der Waals surface area contributed by atoms with Crippen LogP contribution < -0.4 is 4.74 Å². The number of ether oxygens (including phenoxy) is 1. The Morgan fingerprint density at radius 1 is 1.05 bits per heavy atom. The fourth-order valence-electron chi connectivity index (χ4n) is 5.19. The lowest BCUT2D eigenvalue weighted by atomic mass is 9.87. The van der Waals surface area contributed by atoms with Gasteiger partial charge >= 0.3 is 11.9 Å². The molecule has 2 heterocycles. The molecular weight excluding hydrogens is 572 g/mol. The predicted octanol–water partition coefficient (Wildman–Crippen LogP) is 4.78. The minimum Gasteiger partial charge on any atom is -0.494 e. The summed E-state index contributed by atoms with van der Waals surface area (Å²) < 4.78 is 34.6. The Morgan fingerprint density at radius 3 is 2.42 bits per heavy atom. The Labute approximate surface area is 250 Å². The number of sulfone groups is 1. The minimum absolute atomic E-state index is 0.123. The second kappa shape index (κ2) is 13.8. The number of hydrogen-bond acceptors (Lipinski definition) is 8. The molecule has 0 bridgehead atoms. The lowest BCUT2D eigenvalue weighted by Gasteiger charge is -2.33. The Bertz CT molecular complexity index is 1670. The van der Waals surface area contributed by atoms with Gasteiger partial charge in [-0.1, -0.05) is 24.3 Å². The van der Waals surface area contributed by atoms with Crippen LogP contribution in [0.4, 0.5) is 0 Å². The smallest absolute Gasteiger partial charge is 0.414 e. The Hall–Kier alpha value is -4.29. The van der Waals surface area contributed by atoms with Gasteiger partial charge < -0.3 is 14.9 Å². The number of aryl methyl sites for hydroxylation is 1. The molecule has 0 radical (unpaired) electrons. The number of fused-ring (bicyclic) bond motifs is 2. The van der Waals surface area contributed by atoms with Gasteiger partial charge in [0.15, 0.2) is 5.03 Å². The Balaban J connectivity index is 0.000000641. The van der Waals surface area contributed by atoms with Crippen LogP contribution in [0.5, 0.6) is 5.75 Å². The van der Waals surface area contributed by atoms with Crippen molar-refractivity contribution in [3.63, 3.8) is 0 Å². The summed E-state index contributed by atoms with van der Waals surface area (Å²) in [7, 11) is -1.62. The molecule has 1 unspecified atom stereocenters. The number of carboxylic acid groups (broad SMARTS) is 2. The van der Waals surface area contributed by atoms with Gasteiger partial charge in [-0.3, -0.25) is 9.88 Å². The largest absolute Gasteiger partial charge is 0.494 e. The number of carboxylic acids is 2. The molecule has 2 N–H and O–H groups in total. The van der Waals surface area contributed by atoms with Gasteiger partial charge in [0.1, 0.15) is 16.8 Å². The number of nitrogens with zero attached hydrogens (tertiary/aromatic N) is 4. The summed E-state index contributed by atoms with van der Waals surface area (Å²) in [6, 6.07) is 19.3. The zero-order valence-corrected chi connectivity index (χ0v) is 25.2. The average Bonchev–Trinajstić information content (AvgIpc) is 3.41. The fraction of sp³-hybridized carbons (Fsp3) is 0.355.